The second kappa shape index (κ2) is 8.60. The molecule has 2 aromatic rings. The summed E-state index contributed by atoms with van der Waals surface area (Å²) in [6.07, 6.45) is 2.17. The van der Waals surface area contributed by atoms with Gasteiger partial charge in [0.25, 0.3) is 0 Å². The lowest BCUT2D eigenvalue weighted by atomic mass is 10.1. The summed E-state index contributed by atoms with van der Waals surface area (Å²) in [5.41, 5.74) is 2.40. The van der Waals surface area contributed by atoms with Gasteiger partial charge < -0.3 is 5.11 Å². The highest BCUT2D eigenvalue weighted by molar-refractivity contribution is 7.89. The molecule has 2 aromatic carbocycles. The molecule has 0 radical (unpaired) electrons. The van der Waals surface area contributed by atoms with Gasteiger partial charge in [0.15, 0.2) is 5.69 Å². The van der Waals surface area contributed by atoms with Gasteiger partial charge in [0, 0.05) is 13.2 Å². The Hall–Kier alpha value is -2.20. The Bertz CT molecular complexity index is 792. The van der Waals surface area contributed by atoms with Crippen molar-refractivity contribution in [2.24, 2.45) is 0 Å². The van der Waals surface area contributed by atoms with Gasteiger partial charge in [0.2, 0.25) is 10.0 Å². The lowest BCUT2D eigenvalue weighted by Crippen LogP contribution is -2.24. The van der Waals surface area contributed by atoms with Crippen LogP contribution in [0, 0.1) is 6.57 Å². The van der Waals surface area contributed by atoms with E-state index >= 15 is 0 Å². The van der Waals surface area contributed by atoms with Gasteiger partial charge in [-0.05, 0) is 42.5 Å². The van der Waals surface area contributed by atoms with E-state index in [4.69, 9.17) is 11.7 Å². The Morgan fingerprint density at radius 3 is 2.04 bits per heavy atom. The maximum atomic E-state index is 12.2. The summed E-state index contributed by atoms with van der Waals surface area (Å²) in [5, 5.41) is 8.70. The van der Waals surface area contributed by atoms with Crippen LogP contribution in [-0.2, 0) is 10.0 Å². The van der Waals surface area contributed by atoms with Crippen LogP contribution in [0.5, 0.6) is 0 Å². The lowest BCUT2D eigenvalue weighted by molar-refractivity contribution is 0.283. The highest BCUT2D eigenvalue weighted by atomic mass is 32.2. The summed E-state index contributed by atoms with van der Waals surface area (Å²) < 4.78 is 27.0. The monoisotopic (exact) mass is 344 g/mol. The number of unbranched alkanes of at least 4 members (excludes halogenated alkanes) is 2. The first-order chi connectivity index (χ1) is 11.6. The average Bonchev–Trinajstić information content (AvgIpc) is 2.62. The van der Waals surface area contributed by atoms with Gasteiger partial charge in [-0.1, -0.05) is 36.4 Å². The number of rotatable bonds is 8. The Morgan fingerprint density at radius 1 is 0.917 bits per heavy atom. The van der Waals surface area contributed by atoms with Crippen molar-refractivity contribution in [3.05, 3.63) is 59.9 Å². The molecule has 5 nitrogen and oxygen atoms in total. The van der Waals surface area contributed by atoms with E-state index in [0.717, 1.165) is 17.5 Å². The lowest BCUT2D eigenvalue weighted by Gasteiger charge is -2.08. The Balaban J connectivity index is 2.03. The molecule has 0 aliphatic rings. The molecule has 0 aliphatic heterocycles. The minimum absolute atomic E-state index is 0.130. The minimum Gasteiger partial charge on any atom is -0.396 e. The first-order valence-electron chi connectivity index (χ1n) is 7.75. The fourth-order valence-electron chi connectivity index (χ4n) is 2.26. The number of hydrogen-bond acceptors (Lipinski definition) is 3. The SMILES string of the molecule is [C-]#[N+]c1ccc(-c2ccc(S(=O)(=O)NCCCCCO)cc2)cc1. The number of sulfonamides is 1. The van der Waals surface area contributed by atoms with Crippen molar-refractivity contribution in [2.75, 3.05) is 13.2 Å². The van der Waals surface area contributed by atoms with Crippen molar-refractivity contribution >= 4 is 15.7 Å². The fourth-order valence-corrected chi connectivity index (χ4v) is 3.33. The van der Waals surface area contributed by atoms with E-state index in [1.165, 1.54) is 0 Å². The normalized spacial score (nSPS) is 11.2. The first-order valence-corrected chi connectivity index (χ1v) is 9.23. The highest BCUT2D eigenvalue weighted by Gasteiger charge is 2.13. The molecule has 2 N–H and O–H groups in total. The van der Waals surface area contributed by atoms with Crippen molar-refractivity contribution in [1.29, 1.82) is 0 Å². The van der Waals surface area contributed by atoms with Crippen LogP contribution in [0.1, 0.15) is 19.3 Å². The molecule has 126 valence electrons. The van der Waals surface area contributed by atoms with E-state index in [9.17, 15) is 8.42 Å². The van der Waals surface area contributed by atoms with Gasteiger partial charge in [0.05, 0.1) is 11.5 Å². The van der Waals surface area contributed by atoms with Crippen LogP contribution in [0.4, 0.5) is 5.69 Å². The molecule has 2 rings (SSSR count). The summed E-state index contributed by atoms with van der Waals surface area (Å²) in [5.74, 6) is 0. The second-order valence-corrected chi connectivity index (χ2v) is 7.13. The smallest absolute Gasteiger partial charge is 0.240 e. The van der Waals surface area contributed by atoms with Crippen LogP contribution < -0.4 is 4.72 Å². The number of aliphatic hydroxyl groups excluding tert-OH is 1. The van der Waals surface area contributed by atoms with E-state index in [1.807, 2.05) is 12.1 Å². The quantitative estimate of drug-likeness (QED) is 0.570. The summed E-state index contributed by atoms with van der Waals surface area (Å²) in [4.78, 5) is 3.58. The molecule has 0 spiro atoms. The number of hydrogen-bond donors (Lipinski definition) is 2. The maximum absolute atomic E-state index is 12.2. The summed E-state index contributed by atoms with van der Waals surface area (Å²) >= 11 is 0. The number of nitrogens with one attached hydrogen (secondary N) is 1. The largest absolute Gasteiger partial charge is 0.396 e. The van der Waals surface area contributed by atoms with Crippen molar-refractivity contribution in [3.63, 3.8) is 0 Å². The standard InChI is InChI=1S/C18H20N2O3S/c1-19-17-9-5-15(6-10-17)16-7-11-18(12-8-16)24(22,23)20-13-3-2-4-14-21/h5-12,20-21H,2-4,13-14H2. The predicted molar refractivity (Wildman–Crippen MR) is 94.3 cm³/mol. The molecule has 0 aromatic heterocycles. The average molecular weight is 344 g/mol. The van der Waals surface area contributed by atoms with Crippen LogP contribution in [0.3, 0.4) is 0 Å². The number of nitrogens with zero attached hydrogens (tertiary/aromatic N) is 1. The minimum atomic E-state index is -3.51. The topological polar surface area (TPSA) is 70.8 Å². The van der Waals surface area contributed by atoms with Crippen molar-refractivity contribution in [3.8, 4) is 11.1 Å². The van der Waals surface area contributed by atoms with Gasteiger partial charge in [-0.3, -0.25) is 0 Å². The van der Waals surface area contributed by atoms with Crippen LogP contribution in [0.2, 0.25) is 0 Å². The van der Waals surface area contributed by atoms with Gasteiger partial charge >= 0.3 is 0 Å². The summed E-state index contributed by atoms with van der Waals surface area (Å²) in [6.45, 7) is 7.44. The van der Waals surface area contributed by atoms with E-state index < -0.39 is 10.0 Å². The van der Waals surface area contributed by atoms with Crippen LogP contribution in [-0.4, -0.2) is 26.7 Å². The third-order valence-electron chi connectivity index (χ3n) is 3.62. The zero-order valence-corrected chi connectivity index (χ0v) is 14.1. The third kappa shape index (κ3) is 4.90. The third-order valence-corrected chi connectivity index (χ3v) is 5.10. The van der Waals surface area contributed by atoms with Crippen molar-refractivity contribution in [1.82, 2.24) is 4.72 Å². The molecule has 6 heteroatoms. The van der Waals surface area contributed by atoms with Crippen molar-refractivity contribution < 1.29 is 13.5 Å². The van der Waals surface area contributed by atoms with E-state index in [1.54, 1.807) is 36.4 Å². The maximum Gasteiger partial charge on any atom is 0.240 e. The van der Waals surface area contributed by atoms with Gasteiger partial charge in [0.1, 0.15) is 0 Å². The van der Waals surface area contributed by atoms with Gasteiger partial charge in [-0.15, -0.1) is 0 Å². The Labute approximate surface area is 142 Å². The zero-order valence-electron chi connectivity index (χ0n) is 13.3. The van der Waals surface area contributed by atoms with Crippen molar-refractivity contribution in [2.45, 2.75) is 24.2 Å². The van der Waals surface area contributed by atoms with Crippen LogP contribution in [0.15, 0.2) is 53.4 Å². The predicted octanol–water partition coefficient (Wildman–Crippen LogP) is 3.35. The molecule has 24 heavy (non-hydrogen) atoms. The second-order valence-electron chi connectivity index (χ2n) is 5.37. The zero-order chi connectivity index (χ0) is 17.4. The van der Waals surface area contributed by atoms with Gasteiger partial charge in [-0.25, -0.2) is 18.0 Å². The molecule has 0 unspecified atom stereocenters. The molecule has 0 atom stereocenters. The molecule has 0 amide bonds. The van der Waals surface area contributed by atoms with Crippen LogP contribution >= 0.6 is 0 Å². The molecule has 0 saturated carbocycles. The molecular formula is C18H20N2O3S. The number of aliphatic hydroxyl groups is 1. The Morgan fingerprint density at radius 2 is 1.50 bits per heavy atom. The van der Waals surface area contributed by atoms with Crippen LogP contribution in [0.25, 0.3) is 16.0 Å². The number of benzene rings is 2. The highest BCUT2D eigenvalue weighted by Crippen LogP contribution is 2.24. The fraction of sp³-hybridized carbons (Fsp3) is 0.278. The molecule has 0 heterocycles. The molecule has 0 aliphatic carbocycles. The molecule has 0 bridgehead atoms. The van der Waals surface area contributed by atoms with E-state index in [-0.39, 0.29) is 11.5 Å². The summed E-state index contributed by atoms with van der Waals surface area (Å²) in [7, 11) is -3.51. The molecular weight excluding hydrogens is 324 g/mol. The molecule has 0 saturated heterocycles. The Kier molecular flexibility index (Phi) is 6.50. The van der Waals surface area contributed by atoms with E-state index in [2.05, 4.69) is 9.57 Å². The van der Waals surface area contributed by atoms with E-state index in [0.29, 0.717) is 25.1 Å². The summed E-state index contributed by atoms with van der Waals surface area (Å²) in [6, 6.07) is 13.8. The first kappa shape index (κ1) is 18.1. The van der Waals surface area contributed by atoms with Gasteiger partial charge in [-0.2, -0.15) is 0 Å². The molecule has 0 fully saturated rings.